The summed E-state index contributed by atoms with van der Waals surface area (Å²) in [6.45, 7) is 1.76. The number of sulfonamides is 1. The van der Waals surface area contributed by atoms with Crippen LogP contribution in [0, 0.1) is 6.92 Å². The molecule has 0 N–H and O–H groups in total. The molecule has 1 aliphatic rings. The van der Waals surface area contributed by atoms with Crippen LogP contribution >= 0.6 is 0 Å². The van der Waals surface area contributed by atoms with Crippen LogP contribution in [0.15, 0.2) is 40.8 Å². The lowest BCUT2D eigenvalue weighted by Crippen LogP contribution is -2.28. The molecule has 0 amide bonds. The number of hydrogen-bond donors (Lipinski definition) is 0. The minimum atomic E-state index is -3.66. The summed E-state index contributed by atoms with van der Waals surface area (Å²) in [6, 6.07) is 6.38. The molecule has 6 heteroatoms. The molecule has 1 aliphatic heterocycles. The van der Waals surface area contributed by atoms with Crippen molar-refractivity contribution >= 4 is 10.0 Å². The predicted octanol–water partition coefficient (Wildman–Crippen LogP) is 2.54. The second kappa shape index (κ2) is 4.78. The fourth-order valence-corrected chi connectivity index (χ4v) is 3.28. The molecule has 0 atom stereocenters. The molecule has 98 valence electrons. The second-order valence-corrected chi connectivity index (χ2v) is 6.20. The van der Waals surface area contributed by atoms with Crippen LogP contribution in [0.2, 0.25) is 0 Å². The highest BCUT2D eigenvalue weighted by atomic mass is 32.2. The Morgan fingerprint density at radius 3 is 2.33 bits per heavy atom. The molecule has 0 aromatic heterocycles. The number of aryl methyl sites for hydroxylation is 1. The van der Waals surface area contributed by atoms with E-state index in [0.717, 1.165) is 9.87 Å². The third kappa shape index (κ3) is 2.44. The number of nitrogens with zero attached hydrogens (tertiary/aromatic N) is 1. The van der Waals surface area contributed by atoms with E-state index in [9.17, 15) is 17.2 Å². The SMILES string of the molecule is Cc1ccc(S(=O)(=O)N2CCC(=C(F)F)C2)cc1. The molecular weight excluding hydrogens is 260 g/mol. The Morgan fingerprint density at radius 2 is 1.83 bits per heavy atom. The van der Waals surface area contributed by atoms with Crippen LogP contribution < -0.4 is 0 Å². The van der Waals surface area contributed by atoms with Gasteiger partial charge in [-0.15, -0.1) is 0 Å². The van der Waals surface area contributed by atoms with E-state index in [1.165, 1.54) is 12.1 Å². The standard InChI is InChI=1S/C12H13F2NO2S/c1-9-2-4-11(5-3-9)18(16,17)15-7-6-10(8-15)12(13)14/h2-5H,6-8H2,1H3. The Morgan fingerprint density at radius 1 is 1.22 bits per heavy atom. The monoisotopic (exact) mass is 273 g/mol. The fourth-order valence-electron chi connectivity index (χ4n) is 1.85. The van der Waals surface area contributed by atoms with Gasteiger partial charge in [-0.1, -0.05) is 17.7 Å². The minimum Gasteiger partial charge on any atom is -0.207 e. The van der Waals surface area contributed by atoms with E-state index in [-0.39, 0.29) is 30.0 Å². The van der Waals surface area contributed by atoms with Gasteiger partial charge in [0.25, 0.3) is 6.08 Å². The fraction of sp³-hybridized carbons (Fsp3) is 0.333. The molecule has 0 saturated carbocycles. The first-order valence-corrected chi connectivity index (χ1v) is 6.95. The number of rotatable bonds is 2. The zero-order chi connectivity index (χ0) is 13.3. The van der Waals surface area contributed by atoms with Gasteiger partial charge < -0.3 is 0 Å². The van der Waals surface area contributed by atoms with Gasteiger partial charge in [-0.2, -0.15) is 13.1 Å². The van der Waals surface area contributed by atoms with Gasteiger partial charge in [0, 0.05) is 18.7 Å². The van der Waals surface area contributed by atoms with Crippen molar-refractivity contribution < 1.29 is 17.2 Å². The maximum atomic E-state index is 12.4. The van der Waals surface area contributed by atoms with Crippen LogP contribution in [0.5, 0.6) is 0 Å². The average Bonchev–Trinajstić information content (AvgIpc) is 2.79. The van der Waals surface area contributed by atoms with Gasteiger partial charge in [0.1, 0.15) is 0 Å². The molecule has 0 aliphatic carbocycles. The lowest BCUT2D eigenvalue weighted by molar-refractivity contribution is 0.407. The van der Waals surface area contributed by atoms with Gasteiger partial charge >= 0.3 is 0 Å². The molecule has 1 saturated heterocycles. The van der Waals surface area contributed by atoms with Crippen molar-refractivity contribution in [1.29, 1.82) is 0 Å². The average molecular weight is 273 g/mol. The molecule has 1 fully saturated rings. The van der Waals surface area contributed by atoms with Crippen LogP contribution in [-0.2, 0) is 10.0 Å². The quantitative estimate of drug-likeness (QED) is 0.830. The molecule has 0 spiro atoms. The summed E-state index contributed by atoms with van der Waals surface area (Å²) in [5, 5.41) is 0. The van der Waals surface area contributed by atoms with E-state index >= 15 is 0 Å². The number of benzene rings is 1. The van der Waals surface area contributed by atoms with E-state index in [0.29, 0.717) is 0 Å². The summed E-state index contributed by atoms with van der Waals surface area (Å²) in [5.41, 5.74) is 0.858. The Hall–Kier alpha value is -1.27. The maximum absolute atomic E-state index is 12.4. The summed E-state index contributed by atoms with van der Waals surface area (Å²) in [5.74, 6) is 0. The third-order valence-electron chi connectivity index (χ3n) is 2.96. The van der Waals surface area contributed by atoms with Crippen molar-refractivity contribution in [2.75, 3.05) is 13.1 Å². The van der Waals surface area contributed by atoms with E-state index < -0.39 is 16.1 Å². The molecular formula is C12H13F2NO2S. The molecule has 2 rings (SSSR count). The summed E-state index contributed by atoms with van der Waals surface area (Å²) in [7, 11) is -3.66. The van der Waals surface area contributed by atoms with Gasteiger partial charge in [-0.05, 0) is 25.5 Å². The molecule has 0 bridgehead atoms. The highest BCUT2D eigenvalue weighted by Crippen LogP contribution is 2.26. The number of hydrogen-bond acceptors (Lipinski definition) is 2. The first-order valence-electron chi connectivity index (χ1n) is 5.51. The van der Waals surface area contributed by atoms with Gasteiger partial charge in [-0.3, -0.25) is 0 Å². The normalized spacial score (nSPS) is 17.2. The van der Waals surface area contributed by atoms with Crippen LogP contribution in [0.25, 0.3) is 0 Å². The summed E-state index contributed by atoms with van der Waals surface area (Å²) < 4.78 is 50.3. The molecule has 1 heterocycles. The lowest BCUT2D eigenvalue weighted by Gasteiger charge is -2.15. The Balaban J connectivity index is 2.28. The van der Waals surface area contributed by atoms with Crippen molar-refractivity contribution in [2.24, 2.45) is 0 Å². The topological polar surface area (TPSA) is 37.4 Å². The van der Waals surface area contributed by atoms with E-state index in [1.54, 1.807) is 12.1 Å². The van der Waals surface area contributed by atoms with Crippen LogP contribution in [0.1, 0.15) is 12.0 Å². The first-order chi connectivity index (χ1) is 8.41. The van der Waals surface area contributed by atoms with Crippen LogP contribution in [0.3, 0.4) is 0 Å². The van der Waals surface area contributed by atoms with Crippen LogP contribution in [-0.4, -0.2) is 25.8 Å². The zero-order valence-corrected chi connectivity index (χ0v) is 10.7. The van der Waals surface area contributed by atoms with E-state index in [2.05, 4.69) is 0 Å². The maximum Gasteiger partial charge on any atom is 0.270 e. The van der Waals surface area contributed by atoms with E-state index in [1.807, 2.05) is 6.92 Å². The van der Waals surface area contributed by atoms with Gasteiger partial charge in [-0.25, -0.2) is 8.42 Å². The van der Waals surface area contributed by atoms with Crippen molar-refractivity contribution in [2.45, 2.75) is 18.2 Å². The zero-order valence-electron chi connectivity index (χ0n) is 9.86. The molecule has 18 heavy (non-hydrogen) atoms. The van der Waals surface area contributed by atoms with Crippen LogP contribution in [0.4, 0.5) is 8.78 Å². The van der Waals surface area contributed by atoms with Gasteiger partial charge in [0.05, 0.1) is 4.90 Å². The highest BCUT2D eigenvalue weighted by Gasteiger charge is 2.31. The second-order valence-electron chi connectivity index (χ2n) is 4.27. The Bertz CT molecular complexity index is 575. The highest BCUT2D eigenvalue weighted by molar-refractivity contribution is 7.89. The summed E-state index contributed by atoms with van der Waals surface area (Å²) in [6.07, 6.45) is -1.66. The van der Waals surface area contributed by atoms with Gasteiger partial charge in [0.15, 0.2) is 0 Å². The van der Waals surface area contributed by atoms with Crippen molar-refractivity contribution in [3.05, 3.63) is 41.5 Å². The molecule has 3 nitrogen and oxygen atoms in total. The third-order valence-corrected chi connectivity index (χ3v) is 4.82. The lowest BCUT2D eigenvalue weighted by atomic mass is 10.2. The molecule has 0 radical (unpaired) electrons. The van der Waals surface area contributed by atoms with E-state index in [4.69, 9.17) is 0 Å². The molecule has 0 unspecified atom stereocenters. The Kier molecular flexibility index (Phi) is 3.49. The summed E-state index contributed by atoms with van der Waals surface area (Å²) in [4.78, 5) is 0.147. The largest absolute Gasteiger partial charge is 0.270 e. The smallest absolute Gasteiger partial charge is 0.207 e. The van der Waals surface area contributed by atoms with Gasteiger partial charge in [0.2, 0.25) is 10.0 Å². The Labute approximate surface area is 105 Å². The van der Waals surface area contributed by atoms with Crippen molar-refractivity contribution in [3.63, 3.8) is 0 Å². The van der Waals surface area contributed by atoms with Crippen molar-refractivity contribution in [3.8, 4) is 0 Å². The summed E-state index contributed by atoms with van der Waals surface area (Å²) >= 11 is 0. The number of halogens is 2. The minimum absolute atomic E-state index is 0.0920. The predicted molar refractivity (Wildman–Crippen MR) is 63.8 cm³/mol. The van der Waals surface area contributed by atoms with Crippen molar-refractivity contribution in [1.82, 2.24) is 4.31 Å². The molecule has 1 aromatic carbocycles. The molecule has 1 aromatic rings. The first kappa shape index (κ1) is 13.2.